The Hall–Kier alpha value is -0.300. The molecule has 0 N–H and O–H groups in total. The molecule has 0 amide bonds. The summed E-state index contributed by atoms with van der Waals surface area (Å²) in [6.45, 7) is 5.14. The predicted octanol–water partition coefficient (Wildman–Crippen LogP) is 3.36. The van der Waals surface area contributed by atoms with Crippen LogP contribution >= 0.6 is 0 Å². The molecule has 0 bridgehead atoms. The maximum Gasteiger partial charge on any atom is 0.0310 e. The van der Waals surface area contributed by atoms with Gasteiger partial charge in [-0.15, -0.1) is 0 Å². The van der Waals surface area contributed by atoms with Gasteiger partial charge in [-0.25, -0.2) is 0 Å². The molecule has 0 aromatic carbocycles. The maximum absolute atomic E-state index is 2.78. The first-order chi connectivity index (χ1) is 7.34. The van der Waals surface area contributed by atoms with Gasteiger partial charge in [-0.2, -0.15) is 0 Å². The van der Waals surface area contributed by atoms with Crippen molar-refractivity contribution in [2.75, 3.05) is 13.1 Å². The molecule has 1 nitrogen and oxygen atoms in total. The third-order valence-corrected chi connectivity index (χ3v) is 4.65. The lowest BCUT2D eigenvalue weighted by molar-refractivity contribution is 0.120. The van der Waals surface area contributed by atoms with Crippen LogP contribution in [0.4, 0.5) is 0 Å². The second-order valence-corrected chi connectivity index (χ2v) is 5.78. The van der Waals surface area contributed by atoms with Crippen LogP contribution in [0.3, 0.4) is 0 Å². The van der Waals surface area contributed by atoms with Gasteiger partial charge in [-0.05, 0) is 50.9 Å². The van der Waals surface area contributed by atoms with Crippen molar-refractivity contribution in [3.63, 3.8) is 0 Å². The van der Waals surface area contributed by atoms with E-state index in [4.69, 9.17) is 0 Å². The minimum absolute atomic E-state index is 0.866. The van der Waals surface area contributed by atoms with Crippen molar-refractivity contribution in [3.8, 4) is 0 Å². The van der Waals surface area contributed by atoms with Crippen LogP contribution in [0.5, 0.6) is 0 Å². The summed E-state index contributed by atoms with van der Waals surface area (Å²) < 4.78 is 0. The zero-order valence-corrected chi connectivity index (χ0v) is 9.97. The first-order valence-electron chi connectivity index (χ1n) is 6.79. The quantitative estimate of drug-likeness (QED) is 0.548. The van der Waals surface area contributed by atoms with Crippen LogP contribution in [0.1, 0.15) is 51.9 Å². The summed E-state index contributed by atoms with van der Waals surface area (Å²) in [5.41, 5.74) is 3.73. The molecule has 2 atom stereocenters. The molecule has 1 saturated heterocycles. The van der Waals surface area contributed by atoms with E-state index in [9.17, 15) is 0 Å². The Morgan fingerprint density at radius 2 is 1.93 bits per heavy atom. The van der Waals surface area contributed by atoms with Crippen LogP contribution in [-0.2, 0) is 0 Å². The summed E-state index contributed by atoms with van der Waals surface area (Å²) in [7, 11) is 0. The fourth-order valence-corrected chi connectivity index (χ4v) is 3.84. The molecule has 0 aromatic heterocycles. The van der Waals surface area contributed by atoms with Gasteiger partial charge in [0.05, 0.1) is 0 Å². The van der Waals surface area contributed by atoms with Gasteiger partial charge < -0.3 is 0 Å². The second kappa shape index (κ2) is 3.93. The summed E-state index contributed by atoms with van der Waals surface area (Å²) in [5, 5.41) is 0. The number of hydrogen-bond acceptors (Lipinski definition) is 1. The second-order valence-electron chi connectivity index (χ2n) is 5.78. The van der Waals surface area contributed by atoms with Gasteiger partial charge in [0, 0.05) is 19.1 Å². The summed E-state index contributed by atoms with van der Waals surface area (Å²) >= 11 is 0. The zero-order valence-electron chi connectivity index (χ0n) is 9.97. The van der Waals surface area contributed by atoms with Crippen molar-refractivity contribution in [2.24, 2.45) is 5.92 Å². The first-order valence-corrected chi connectivity index (χ1v) is 6.79. The molecule has 0 radical (unpaired) electrons. The highest BCUT2D eigenvalue weighted by molar-refractivity contribution is 5.26. The van der Waals surface area contributed by atoms with E-state index in [1.165, 1.54) is 58.0 Å². The number of rotatable bonds is 0. The van der Waals surface area contributed by atoms with Gasteiger partial charge in [0.25, 0.3) is 0 Å². The van der Waals surface area contributed by atoms with Gasteiger partial charge in [0.1, 0.15) is 0 Å². The van der Waals surface area contributed by atoms with Crippen molar-refractivity contribution in [3.05, 3.63) is 11.1 Å². The third kappa shape index (κ3) is 1.75. The standard InChI is InChI=1S/C14H23N/c1-11-6-7-14-13-5-3-2-4-12(13)8-9-15(14)10-11/h11,14H,2-10H2,1H3/t11-,14-/m0/s1. The van der Waals surface area contributed by atoms with Crippen LogP contribution in [0.2, 0.25) is 0 Å². The molecule has 1 fully saturated rings. The molecular formula is C14H23N. The van der Waals surface area contributed by atoms with E-state index in [1.54, 1.807) is 0 Å². The molecule has 84 valence electrons. The fourth-order valence-electron chi connectivity index (χ4n) is 3.84. The molecule has 15 heavy (non-hydrogen) atoms. The van der Waals surface area contributed by atoms with E-state index in [0.29, 0.717) is 0 Å². The highest BCUT2D eigenvalue weighted by Gasteiger charge is 2.33. The summed E-state index contributed by atoms with van der Waals surface area (Å²) in [4.78, 5) is 2.78. The van der Waals surface area contributed by atoms with Gasteiger partial charge >= 0.3 is 0 Å². The fraction of sp³-hybridized carbons (Fsp3) is 0.857. The number of fused-ring (bicyclic) bond motifs is 2. The SMILES string of the molecule is C[C@H]1CC[C@H]2C3=C(CCCC3)CCN2C1. The Balaban J connectivity index is 1.83. The average molecular weight is 205 g/mol. The van der Waals surface area contributed by atoms with Crippen LogP contribution in [-0.4, -0.2) is 24.0 Å². The normalized spacial score (nSPS) is 37.4. The van der Waals surface area contributed by atoms with E-state index in [-0.39, 0.29) is 0 Å². The van der Waals surface area contributed by atoms with Gasteiger partial charge in [-0.3, -0.25) is 4.90 Å². The van der Waals surface area contributed by atoms with Crippen LogP contribution in [0, 0.1) is 5.92 Å². The topological polar surface area (TPSA) is 3.24 Å². The van der Waals surface area contributed by atoms with E-state index in [1.807, 2.05) is 11.1 Å². The Morgan fingerprint density at radius 3 is 2.87 bits per heavy atom. The Labute approximate surface area is 93.5 Å². The van der Waals surface area contributed by atoms with Crippen molar-refractivity contribution < 1.29 is 0 Å². The van der Waals surface area contributed by atoms with Crippen LogP contribution < -0.4 is 0 Å². The lowest BCUT2D eigenvalue weighted by Gasteiger charge is -2.45. The minimum atomic E-state index is 0.866. The molecule has 2 aliphatic heterocycles. The molecule has 3 aliphatic rings. The molecule has 3 rings (SSSR count). The van der Waals surface area contributed by atoms with Crippen molar-refractivity contribution >= 4 is 0 Å². The smallest absolute Gasteiger partial charge is 0.0310 e. The summed E-state index contributed by atoms with van der Waals surface area (Å²) in [6, 6.07) is 0.866. The van der Waals surface area contributed by atoms with Crippen LogP contribution in [0.25, 0.3) is 0 Å². The molecular weight excluding hydrogens is 182 g/mol. The molecule has 0 spiro atoms. The van der Waals surface area contributed by atoms with E-state index in [2.05, 4.69) is 11.8 Å². The monoisotopic (exact) mass is 205 g/mol. The summed E-state index contributed by atoms with van der Waals surface area (Å²) in [5.74, 6) is 0.937. The highest BCUT2D eigenvalue weighted by Crippen LogP contribution is 2.39. The third-order valence-electron chi connectivity index (χ3n) is 4.65. The number of piperidine rings is 1. The lowest BCUT2D eigenvalue weighted by atomic mass is 9.78. The number of nitrogens with zero attached hydrogens (tertiary/aromatic N) is 1. The molecule has 0 unspecified atom stereocenters. The number of hydrogen-bond donors (Lipinski definition) is 0. The van der Waals surface area contributed by atoms with Crippen molar-refractivity contribution in [1.29, 1.82) is 0 Å². The van der Waals surface area contributed by atoms with E-state index < -0.39 is 0 Å². The Morgan fingerprint density at radius 1 is 1.07 bits per heavy atom. The maximum atomic E-state index is 2.78. The van der Waals surface area contributed by atoms with Gasteiger partial charge in [0.15, 0.2) is 0 Å². The van der Waals surface area contributed by atoms with Gasteiger partial charge in [0.2, 0.25) is 0 Å². The van der Waals surface area contributed by atoms with E-state index >= 15 is 0 Å². The minimum Gasteiger partial charge on any atom is -0.296 e. The van der Waals surface area contributed by atoms with Crippen molar-refractivity contribution in [2.45, 2.75) is 57.9 Å². The van der Waals surface area contributed by atoms with Gasteiger partial charge in [-0.1, -0.05) is 18.1 Å². The predicted molar refractivity (Wildman–Crippen MR) is 63.9 cm³/mol. The lowest BCUT2D eigenvalue weighted by Crippen LogP contribution is -2.47. The van der Waals surface area contributed by atoms with Crippen molar-refractivity contribution in [1.82, 2.24) is 4.90 Å². The summed E-state index contributed by atoms with van der Waals surface area (Å²) in [6.07, 6.45) is 10.1. The molecule has 0 aromatic rings. The highest BCUT2D eigenvalue weighted by atomic mass is 15.2. The molecule has 1 aliphatic carbocycles. The molecule has 2 heterocycles. The average Bonchev–Trinajstić information content (AvgIpc) is 2.28. The molecule has 1 heteroatoms. The molecule has 0 saturated carbocycles. The first kappa shape index (κ1) is 9.89. The largest absolute Gasteiger partial charge is 0.296 e. The zero-order chi connectivity index (χ0) is 10.3. The van der Waals surface area contributed by atoms with Crippen LogP contribution in [0.15, 0.2) is 11.1 Å². The Bertz CT molecular complexity index is 279. The van der Waals surface area contributed by atoms with E-state index in [0.717, 1.165) is 12.0 Å². The Kier molecular flexibility index (Phi) is 2.59.